The first kappa shape index (κ1) is 29.2. The van der Waals surface area contributed by atoms with E-state index >= 15 is 0 Å². The topological polar surface area (TPSA) is 3.24 Å². The number of hydrogen-bond donors (Lipinski definition) is 0. The normalized spacial score (nSPS) is 11.5. The molecule has 0 radical (unpaired) electrons. The van der Waals surface area contributed by atoms with Crippen LogP contribution >= 0.6 is 0 Å². The summed E-state index contributed by atoms with van der Waals surface area (Å²) in [5.74, 6) is 0. The predicted octanol–water partition coefficient (Wildman–Crippen LogP) is 14.3. The molecule has 0 spiro atoms. The van der Waals surface area contributed by atoms with Gasteiger partial charge < -0.3 is 4.90 Å². The van der Waals surface area contributed by atoms with Crippen LogP contribution in [-0.4, -0.2) is 0 Å². The molecule has 10 aromatic rings. The van der Waals surface area contributed by atoms with Crippen LogP contribution in [0.15, 0.2) is 200 Å². The number of nitrogens with zero attached hydrogens (tertiary/aromatic N) is 1. The summed E-state index contributed by atoms with van der Waals surface area (Å²) >= 11 is 0. The van der Waals surface area contributed by atoms with Gasteiger partial charge in [0.2, 0.25) is 0 Å². The van der Waals surface area contributed by atoms with Gasteiger partial charge in [-0.05, 0) is 95.5 Å². The minimum absolute atomic E-state index is 1.11. The largest absolute Gasteiger partial charge is 0.309 e. The average molecular weight is 648 g/mol. The summed E-state index contributed by atoms with van der Waals surface area (Å²) in [4.78, 5) is 2.47. The van der Waals surface area contributed by atoms with Gasteiger partial charge in [0.05, 0.1) is 5.69 Å². The lowest BCUT2D eigenvalue weighted by Crippen LogP contribution is -2.12. The van der Waals surface area contributed by atoms with Gasteiger partial charge in [-0.25, -0.2) is 0 Å². The Morgan fingerprint density at radius 3 is 1.53 bits per heavy atom. The van der Waals surface area contributed by atoms with Crippen molar-refractivity contribution in [2.75, 3.05) is 4.90 Å². The lowest BCUT2D eigenvalue weighted by molar-refractivity contribution is 1.31. The van der Waals surface area contributed by atoms with Crippen molar-refractivity contribution in [1.29, 1.82) is 0 Å². The molecule has 0 N–H and O–H groups in total. The molecule has 0 aliphatic heterocycles. The number of fused-ring (bicyclic) bond motifs is 7. The Kier molecular flexibility index (Phi) is 6.89. The van der Waals surface area contributed by atoms with Gasteiger partial charge in [0.1, 0.15) is 0 Å². The average Bonchev–Trinajstić information content (AvgIpc) is 3.21. The maximum Gasteiger partial charge on any atom is 0.0624 e. The molecule has 0 amide bonds. The highest BCUT2D eigenvalue weighted by atomic mass is 15.1. The number of rotatable bonds is 5. The van der Waals surface area contributed by atoms with Crippen molar-refractivity contribution >= 4 is 70.9 Å². The summed E-state index contributed by atoms with van der Waals surface area (Å²) < 4.78 is 0. The second-order valence-electron chi connectivity index (χ2n) is 13.3. The first-order valence-corrected chi connectivity index (χ1v) is 17.6. The monoisotopic (exact) mass is 647 g/mol. The molecule has 0 atom stereocenters. The molecule has 0 saturated carbocycles. The standard InChI is InChI=1S/C50H33N/c1-2-14-38(15-3-1)49-46-20-10-8-18-44(46)45-19-9-11-21-47(45)50(49)51(42-31-28-34-12-4-5-16-39(34)32-42)41-29-26-35(27-30-41)40-25-24-37-23-22-36-13-6-7-17-43(36)48(37)33-40/h1-33H. The van der Waals surface area contributed by atoms with Gasteiger partial charge in [-0.2, -0.15) is 0 Å². The van der Waals surface area contributed by atoms with Crippen LogP contribution in [0.3, 0.4) is 0 Å². The van der Waals surface area contributed by atoms with Crippen molar-refractivity contribution < 1.29 is 0 Å². The van der Waals surface area contributed by atoms with Crippen LogP contribution < -0.4 is 4.90 Å². The van der Waals surface area contributed by atoms with E-state index in [0.29, 0.717) is 0 Å². The molecular weight excluding hydrogens is 615 g/mol. The SMILES string of the molecule is c1ccc(-c2c(N(c3ccc(-c4ccc5ccc6ccccc6c5c4)cc3)c3ccc4ccccc4c3)c3ccccc3c3ccccc23)cc1. The zero-order chi connectivity index (χ0) is 33.7. The van der Waals surface area contributed by atoms with Crippen molar-refractivity contribution in [3.8, 4) is 22.3 Å². The zero-order valence-corrected chi connectivity index (χ0v) is 28.0. The van der Waals surface area contributed by atoms with E-state index < -0.39 is 0 Å². The summed E-state index contributed by atoms with van der Waals surface area (Å²) in [6.07, 6.45) is 0. The molecule has 0 fully saturated rings. The highest BCUT2D eigenvalue weighted by Gasteiger charge is 2.23. The second kappa shape index (κ2) is 12.0. The predicted molar refractivity (Wildman–Crippen MR) is 220 cm³/mol. The third kappa shape index (κ3) is 4.94. The Morgan fingerprint density at radius 1 is 0.255 bits per heavy atom. The van der Waals surface area contributed by atoms with Crippen molar-refractivity contribution in [3.63, 3.8) is 0 Å². The van der Waals surface area contributed by atoms with Crippen LogP contribution in [-0.2, 0) is 0 Å². The van der Waals surface area contributed by atoms with Gasteiger partial charge in [0.15, 0.2) is 0 Å². The van der Waals surface area contributed by atoms with Crippen LogP contribution in [0.1, 0.15) is 0 Å². The Balaban J connectivity index is 1.23. The van der Waals surface area contributed by atoms with Gasteiger partial charge in [-0.15, -0.1) is 0 Å². The Hall–Kier alpha value is -6.70. The molecule has 0 aliphatic rings. The summed E-state index contributed by atoms with van der Waals surface area (Å²) in [5, 5.41) is 12.5. The zero-order valence-electron chi connectivity index (χ0n) is 28.0. The molecule has 0 unspecified atom stereocenters. The summed E-state index contributed by atoms with van der Waals surface area (Å²) in [6.45, 7) is 0. The van der Waals surface area contributed by atoms with Gasteiger partial charge in [0, 0.05) is 22.3 Å². The van der Waals surface area contributed by atoms with E-state index in [2.05, 4.69) is 205 Å². The van der Waals surface area contributed by atoms with Gasteiger partial charge in [-0.1, -0.05) is 170 Å². The molecule has 0 heterocycles. The minimum atomic E-state index is 1.11. The Morgan fingerprint density at radius 2 is 0.765 bits per heavy atom. The fourth-order valence-corrected chi connectivity index (χ4v) is 7.96. The molecule has 0 aromatic heterocycles. The van der Waals surface area contributed by atoms with E-state index in [4.69, 9.17) is 0 Å². The van der Waals surface area contributed by atoms with E-state index in [0.717, 1.165) is 11.4 Å². The quantitative estimate of drug-likeness (QED) is 0.168. The van der Waals surface area contributed by atoms with Crippen molar-refractivity contribution in [2.24, 2.45) is 0 Å². The fraction of sp³-hybridized carbons (Fsp3) is 0. The first-order valence-electron chi connectivity index (χ1n) is 17.6. The fourth-order valence-electron chi connectivity index (χ4n) is 7.96. The van der Waals surface area contributed by atoms with E-state index in [1.165, 1.54) is 81.8 Å². The van der Waals surface area contributed by atoms with Crippen LogP contribution in [0.5, 0.6) is 0 Å². The van der Waals surface area contributed by atoms with Crippen LogP contribution in [0.4, 0.5) is 17.1 Å². The smallest absolute Gasteiger partial charge is 0.0624 e. The van der Waals surface area contributed by atoms with Gasteiger partial charge >= 0.3 is 0 Å². The lowest BCUT2D eigenvalue weighted by Gasteiger charge is -2.31. The van der Waals surface area contributed by atoms with E-state index in [1.807, 2.05) is 0 Å². The summed E-state index contributed by atoms with van der Waals surface area (Å²) in [7, 11) is 0. The Bertz CT molecular complexity index is 2900. The third-order valence-electron chi connectivity index (χ3n) is 10.4. The van der Waals surface area contributed by atoms with Crippen molar-refractivity contribution in [2.45, 2.75) is 0 Å². The van der Waals surface area contributed by atoms with Crippen LogP contribution in [0, 0.1) is 0 Å². The van der Waals surface area contributed by atoms with Gasteiger partial charge in [-0.3, -0.25) is 0 Å². The van der Waals surface area contributed by atoms with Crippen molar-refractivity contribution in [3.05, 3.63) is 200 Å². The number of anilines is 3. The summed E-state index contributed by atoms with van der Waals surface area (Å²) in [6, 6.07) is 73.1. The lowest BCUT2D eigenvalue weighted by atomic mass is 9.90. The number of benzene rings is 10. The van der Waals surface area contributed by atoms with Gasteiger partial charge in [0.25, 0.3) is 0 Å². The maximum absolute atomic E-state index is 2.47. The molecular formula is C50H33N. The molecule has 238 valence electrons. The van der Waals surface area contributed by atoms with E-state index in [-0.39, 0.29) is 0 Å². The highest BCUT2D eigenvalue weighted by Crippen LogP contribution is 2.49. The summed E-state index contributed by atoms with van der Waals surface area (Å²) in [5.41, 5.74) is 8.23. The third-order valence-corrected chi connectivity index (χ3v) is 10.4. The minimum Gasteiger partial charge on any atom is -0.309 e. The van der Waals surface area contributed by atoms with Crippen LogP contribution in [0.2, 0.25) is 0 Å². The van der Waals surface area contributed by atoms with E-state index in [1.54, 1.807) is 0 Å². The second-order valence-corrected chi connectivity index (χ2v) is 13.3. The molecule has 10 aromatic carbocycles. The molecule has 0 bridgehead atoms. The first-order chi connectivity index (χ1) is 25.3. The molecule has 1 heteroatoms. The van der Waals surface area contributed by atoms with E-state index in [9.17, 15) is 0 Å². The van der Waals surface area contributed by atoms with Crippen LogP contribution in [0.25, 0.3) is 76.1 Å². The molecule has 51 heavy (non-hydrogen) atoms. The Labute approximate surface area is 297 Å². The van der Waals surface area contributed by atoms with Crippen molar-refractivity contribution in [1.82, 2.24) is 0 Å². The molecule has 1 nitrogen and oxygen atoms in total. The highest BCUT2D eigenvalue weighted by molar-refractivity contribution is 6.22. The molecule has 0 aliphatic carbocycles. The molecule has 10 rings (SSSR count). The number of hydrogen-bond acceptors (Lipinski definition) is 1. The molecule has 0 saturated heterocycles. The maximum atomic E-state index is 2.47.